The number of hydrogen-bond donors (Lipinski definition) is 0. The standard InChI is InChI=1S/C18H17N5S/c1-12-6-4-7-13(10-12)16-19-20-18-23(16)21-17(24-18)14-8-5-9-15(11-14)22(2)3/h4-11H,1-3H3. The van der Waals surface area contributed by atoms with Crippen molar-refractivity contribution in [2.24, 2.45) is 0 Å². The second-order valence-electron chi connectivity index (χ2n) is 5.94. The van der Waals surface area contributed by atoms with Crippen molar-refractivity contribution in [1.82, 2.24) is 19.8 Å². The maximum Gasteiger partial charge on any atom is 0.235 e. The normalized spacial score (nSPS) is 11.1. The summed E-state index contributed by atoms with van der Waals surface area (Å²) in [6, 6.07) is 16.6. The highest BCUT2D eigenvalue weighted by Gasteiger charge is 2.14. The Labute approximate surface area is 144 Å². The van der Waals surface area contributed by atoms with Gasteiger partial charge in [0.15, 0.2) is 5.82 Å². The van der Waals surface area contributed by atoms with Crippen molar-refractivity contribution in [3.05, 3.63) is 54.1 Å². The van der Waals surface area contributed by atoms with Crippen LogP contribution in [0.5, 0.6) is 0 Å². The van der Waals surface area contributed by atoms with E-state index < -0.39 is 0 Å². The summed E-state index contributed by atoms with van der Waals surface area (Å²) in [5.74, 6) is 0.778. The van der Waals surface area contributed by atoms with E-state index in [2.05, 4.69) is 58.4 Å². The number of hydrogen-bond acceptors (Lipinski definition) is 5. The molecular formula is C18H17N5S. The molecule has 0 aliphatic carbocycles. The van der Waals surface area contributed by atoms with E-state index in [4.69, 9.17) is 5.10 Å². The minimum Gasteiger partial charge on any atom is -0.378 e. The van der Waals surface area contributed by atoms with Crippen molar-refractivity contribution in [2.45, 2.75) is 6.92 Å². The highest BCUT2D eigenvalue weighted by Crippen LogP contribution is 2.30. The number of fused-ring (bicyclic) bond motifs is 1. The average molecular weight is 335 g/mol. The molecule has 5 nitrogen and oxygen atoms in total. The minimum absolute atomic E-state index is 0.778. The van der Waals surface area contributed by atoms with Crippen LogP contribution in [0.25, 0.3) is 26.9 Å². The van der Waals surface area contributed by atoms with Crippen molar-refractivity contribution in [1.29, 1.82) is 0 Å². The van der Waals surface area contributed by atoms with Gasteiger partial charge in [0.1, 0.15) is 5.01 Å². The lowest BCUT2D eigenvalue weighted by atomic mass is 10.1. The maximum atomic E-state index is 4.74. The molecule has 6 heteroatoms. The smallest absolute Gasteiger partial charge is 0.235 e. The molecule has 2 aromatic carbocycles. The van der Waals surface area contributed by atoms with E-state index in [1.54, 1.807) is 11.3 Å². The van der Waals surface area contributed by atoms with Gasteiger partial charge in [-0.15, -0.1) is 10.2 Å². The lowest BCUT2D eigenvalue weighted by Crippen LogP contribution is -2.08. The molecule has 0 bridgehead atoms. The van der Waals surface area contributed by atoms with E-state index in [0.29, 0.717) is 0 Å². The third-order valence-electron chi connectivity index (χ3n) is 3.88. The number of anilines is 1. The van der Waals surface area contributed by atoms with Crippen molar-refractivity contribution in [2.75, 3.05) is 19.0 Å². The van der Waals surface area contributed by atoms with Crippen LogP contribution in [0.2, 0.25) is 0 Å². The van der Waals surface area contributed by atoms with Gasteiger partial charge < -0.3 is 4.90 Å². The number of nitrogens with zero attached hydrogens (tertiary/aromatic N) is 5. The van der Waals surface area contributed by atoms with Crippen LogP contribution >= 0.6 is 11.3 Å². The molecule has 0 unspecified atom stereocenters. The highest BCUT2D eigenvalue weighted by molar-refractivity contribution is 7.19. The zero-order valence-electron chi connectivity index (χ0n) is 13.8. The number of aromatic nitrogens is 4. The van der Waals surface area contributed by atoms with Crippen LogP contribution in [0.1, 0.15) is 5.56 Å². The first-order valence-corrected chi connectivity index (χ1v) is 8.50. The van der Waals surface area contributed by atoms with E-state index in [-0.39, 0.29) is 0 Å². The molecule has 0 radical (unpaired) electrons. The summed E-state index contributed by atoms with van der Waals surface area (Å²) in [5.41, 5.74) is 4.46. The molecule has 4 rings (SSSR count). The second-order valence-corrected chi connectivity index (χ2v) is 6.90. The van der Waals surface area contributed by atoms with Gasteiger partial charge in [-0.25, -0.2) is 0 Å². The van der Waals surface area contributed by atoms with Crippen molar-refractivity contribution >= 4 is 22.0 Å². The van der Waals surface area contributed by atoms with Crippen molar-refractivity contribution in [3.63, 3.8) is 0 Å². The lowest BCUT2D eigenvalue weighted by molar-refractivity contribution is 0.970. The Balaban J connectivity index is 1.81. The molecule has 0 aliphatic rings. The summed E-state index contributed by atoms with van der Waals surface area (Å²) < 4.78 is 1.83. The Morgan fingerprint density at radius 2 is 1.75 bits per heavy atom. The summed E-state index contributed by atoms with van der Waals surface area (Å²) in [4.78, 5) is 2.89. The number of aryl methyl sites for hydroxylation is 1. The predicted molar refractivity (Wildman–Crippen MR) is 98.6 cm³/mol. The molecule has 0 fully saturated rings. The summed E-state index contributed by atoms with van der Waals surface area (Å²) in [6.07, 6.45) is 0. The van der Waals surface area contributed by atoms with Gasteiger partial charge in [-0.3, -0.25) is 0 Å². The van der Waals surface area contributed by atoms with Gasteiger partial charge in [0.2, 0.25) is 4.96 Å². The van der Waals surface area contributed by atoms with Crippen LogP contribution in [0.3, 0.4) is 0 Å². The third-order valence-corrected chi connectivity index (χ3v) is 4.82. The van der Waals surface area contributed by atoms with E-state index in [1.165, 1.54) is 5.56 Å². The minimum atomic E-state index is 0.778. The quantitative estimate of drug-likeness (QED) is 0.570. The number of rotatable bonds is 3. The molecule has 0 aliphatic heterocycles. The topological polar surface area (TPSA) is 46.3 Å². The Hall–Kier alpha value is -2.73. The summed E-state index contributed by atoms with van der Waals surface area (Å²) in [7, 11) is 4.07. The summed E-state index contributed by atoms with van der Waals surface area (Å²) in [6.45, 7) is 2.07. The van der Waals surface area contributed by atoms with E-state index in [1.807, 2.05) is 30.7 Å². The summed E-state index contributed by atoms with van der Waals surface area (Å²) in [5, 5.41) is 14.3. The fourth-order valence-corrected chi connectivity index (χ4v) is 3.45. The first kappa shape index (κ1) is 14.8. The highest BCUT2D eigenvalue weighted by atomic mass is 32.1. The van der Waals surface area contributed by atoms with Crippen LogP contribution in [0, 0.1) is 6.92 Å². The fourth-order valence-electron chi connectivity index (χ4n) is 2.61. The van der Waals surface area contributed by atoms with E-state index in [0.717, 1.165) is 32.6 Å². The first-order valence-electron chi connectivity index (χ1n) is 7.69. The zero-order valence-corrected chi connectivity index (χ0v) is 14.6. The lowest BCUT2D eigenvalue weighted by Gasteiger charge is -2.12. The first-order chi connectivity index (χ1) is 11.6. The molecule has 0 amide bonds. The van der Waals surface area contributed by atoms with Gasteiger partial charge >= 0.3 is 0 Å². The van der Waals surface area contributed by atoms with Crippen LogP contribution in [-0.2, 0) is 0 Å². The molecule has 0 atom stereocenters. The molecule has 4 aromatic rings. The van der Waals surface area contributed by atoms with Crippen LogP contribution in [0.15, 0.2) is 48.5 Å². The van der Waals surface area contributed by atoms with Gasteiger partial charge in [-0.05, 0) is 25.1 Å². The maximum absolute atomic E-state index is 4.74. The molecule has 120 valence electrons. The van der Waals surface area contributed by atoms with Gasteiger partial charge in [-0.1, -0.05) is 47.2 Å². The monoisotopic (exact) mass is 335 g/mol. The largest absolute Gasteiger partial charge is 0.378 e. The zero-order chi connectivity index (χ0) is 16.7. The van der Waals surface area contributed by atoms with Crippen LogP contribution < -0.4 is 4.90 Å². The molecule has 0 saturated heterocycles. The van der Waals surface area contributed by atoms with Gasteiger partial charge in [0.25, 0.3) is 0 Å². The second kappa shape index (κ2) is 5.72. The van der Waals surface area contributed by atoms with Gasteiger partial charge in [0.05, 0.1) is 0 Å². The predicted octanol–water partition coefficient (Wildman–Crippen LogP) is 3.89. The SMILES string of the molecule is Cc1cccc(-c2nnc3sc(-c4cccc(N(C)C)c4)nn23)c1. The van der Waals surface area contributed by atoms with Gasteiger partial charge in [-0.2, -0.15) is 9.61 Å². The molecule has 0 saturated carbocycles. The Morgan fingerprint density at radius 3 is 2.54 bits per heavy atom. The molecule has 0 N–H and O–H groups in total. The number of benzene rings is 2. The molecule has 24 heavy (non-hydrogen) atoms. The van der Waals surface area contributed by atoms with Gasteiger partial charge in [0, 0.05) is 30.9 Å². The molecule has 2 aromatic heterocycles. The van der Waals surface area contributed by atoms with E-state index in [9.17, 15) is 0 Å². The van der Waals surface area contributed by atoms with Crippen molar-refractivity contribution < 1.29 is 0 Å². The average Bonchev–Trinajstić information content (AvgIpc) is 3.15. The Kier molecular flexibility index (Phi) is 3.54. The Bertz CT molecular complexity index is 1020. The van der Waals surface area contributed by atoms with Crippen LogP contribution in [-0.4, -0.2) is 33.9 Å². The van der Waals surface area contributed by atoms with E-state index >= 15 is 0 Å². The third kappa shape index (κ3) is 2.55. The molecule has 2 heterocycles. The molecule has 0 spiro atoms. The fraction of sp³-hybridized carbons (Fsp3) is 0.167. The molecular weight excluding hydrogens is 318 g/mol. The van der Waals surface area contributed by atoms with Crippen LogP contribution in [0.4, 0.5) is 5.69 Å². The summed E-state index contributed by atoms with van der Waals surface area (Å²) >= 11 is 1.55. The Morgan fingerprint density at radius 1 is 0.958 bits per heavy atom. The van der Waals surface area contributed by atoms with Crippen molar-refractivity contribution in [3.8, 4) is 22.0 Å².